The molecule has 0 aromatic heterocycles. The zero-order chi connectivity index (χ0) is 19.9. The number of nitrogens with one attached hydrogen (secondary N) is 1. The molecule has 140 valence electrons. The third-order valence-electron chi connectivity index (χ3n) is 3.42. The molecule has 0 unspecified atom stereocenters. The van der Waals surface area contributed by atoms with Crippen LogP contribution in [0.15, 0.2) is 30.3 Å². The molecule has 0 saturated carbocycles. The molecule has 0 spiro atoms. The first-order valence-corrected chi connectivity index (χ1v) is 9.26. The molecule has 4 nitrogen and oxygen atoms in total. The average Bonchev–Trinajstić information content (AvgIpc) is 2.47. The van der Waals surface area contributed by atoms with Crippen LogP contribution in [0, 0.1) is 12.7 Å². The van der Waals surface area contributed by atoms with Gasteiger partial charge in [0, 0.05) is 0 Å². The number of amides is 1. The molecule has 0 atom stereocenters. The second-order valence-electron chi connectivity index (χ2n) is 5.54. The predicted molar refractivity (Wildman–Crippen MR) is 88.9 cm³/mol. The van der Waals surface area contributed by atoms with E-state index in [2.05, 4.69) is 0 Å². The van der Waals surface area contributed by atoms with Crippen LogP contribution in [0.3, 0.4) is 0 Å². The Morgan fingerprint density at radius 1 is 1.15 bits per heavy atom. The van der Waals surface area contributed by atoms with Gasteiger partial charge in [-0.3, -0.25) is 4.79 Å². The fourth-order valence-electron chi connectivity index (χ4n) is 2.30. The third kappa shape index (κ3) is 4.53. The number of rotatable bonds is 3. The molecule has 1 amide bonds. The quantitative estimate of drug-likeness (QED) is 0.774. The topological polar surface area (TPSA) is 63.2 Å². The highest BCUT2D eigenvalue weighted by Crippen LogP contribution is 2.38. The zero-order valence-electron chi connectivity index (χ0n) is 13.4. The maximum Gasteiger partial charge on any atom is 0.417 e. The summed E-state index contributed by atoms with van der Waals surface area (Å²) in [7, 11) is -3.90. The smallest absolute Gasteiger partial charge is 0.268 e. The highest BCUT2D eigenvalue weighted by molar-refractivity contribution is 7.89. The van der Waals surface area contributed by atoms with Crippen molar-refractivity contribution in [2.45, 2.75) is 13.1 Å². The van der Waals surface area contributed by atoms with Gasteiger partial charge in [0.25, 0.3) is 5.91 Å². The highest BCUT2D eigenvalue weighted by atomic mass is 35.5. The standard InChI is InChI=1S/C16H12ClF4NO3S/c1-8-5-11(15(23)22-26(2,24)25)14(18)7-10(8)9-3-4-13(17)12(6-9)16(19,20)21/h3-7H,1-2H3,(H,22,23). The van der Waals surface area contributed by atoms with Crippen LogP contribution in [0.2, 0.25) is 5.02 Å². The number of carbonyl (C=O) groups excluding carboxylic acids is 1. The Balaban J connectivity index is 2.54. The van der Waals surface area contributed by atoms with Gasteiger partial charge in [0.05, 0.1) is 22.4 Å². The predicted octanol–water partition coefficient (Wildman–Crippen LogP) is 4.16. The second kappa shape index (κ2) is 6.88. The number of sulfonamides is 1. The minimum atomic E-state index is -4.69. The fraction of sp³-hybridized carbons (Fsp3) is 0.188. The minimum absolute atomic E-state index is 0.0493. The summed E-state index contributed by atoms with van der Waals surface area (Å²) in [4.78, 5) is 11.8. The SMILES string of the molecule is Cc1cc(C(=O)NS(C)(=O)=O)c(F)cc1-c1ccc(Cl)c(C(F)(F)F)c1. The van der Waals surface area contributed by atoms with Crippen molar-refractivity contribution in [3.63, 3.8) is 0 Å². The lowest BCUT2D eigenvalue weighted by molar-refractivity contribution is -0.137. The van der Waals surface area contributed by atoms with Gasteiger partial charge in [-0.05, 0) is 47.9 Å². The number of hydrogen-bond donors (Lipinski definition) is 1. The Hall–Kier alpha value is -2.13. The number of hydrogen-bond acceptors (Lipinski definition) is 3. The number of benzene rings is 2. The van der Waals surface area contributed by atoms with Gasteiger partial charge >= 0.3 is 6.18 Å². The largest absolute Gasteiger partial charge is 0.417 e. The van der Waals surface area contributed by atoms with E-state index in [0.717, 1.165) is 30.5 Å². The molecule has 0 aliphatic heterocycles. The molecular weight excluding hydrogens is 398 g/mol. The molecule has 2 rings (SSSR count). The van der Waals surface area contributed by atoms with Crippen molar-refractivity contribution in [1.29, 1.82) is 0 Å². The van der Waals surface area contributed by atoms with Gasteiger partial charge < -0.3 is 0 Å². The van der Waals surface area contributed by atoms with Crippen LogP contribution >= 0.6 is 11.6 Å². The van der Waals surface area contributed by atoms with Gasteiger partial charge in [0.15, 0.2) is 0 Å². The van der Waals surface area contributed by atoms with Crippen molar-refractivity contribution in [3.05, 3.63) is 57.9 Å². The van der Waals surface area contributed by atoms with E-state index in [1.54, 1.807) is 4.72 Å². The summed E-state index contributed by atoms with van der Waals surface area (Å²) in [6, 6.07) is 5.04. The van der Waals surface area contributed by atoms with Crippen LogP contribution in [-0.4, -0.2) is 20.6 Å². The van der Waals surface area contributed by atoms with Crippen molar-refractivity contribution >= 4 is 27.5 Å². The second-order valence-corrected chi connectivity index (χ2v) is 7.70. The fourth-order valence-corrected chi connectivity index (χ4v) is 2.97. The lowest BCUT2D eigenvalue weighted by Gasteiger charge is -2.14. The molecule has 0 radical (unpaired) electrons. The normalized spacial score (nSPS) is 12.1. The summed E-state index contributed by atoms with van der Waals surface area (Å²) in [5.74, 6) is -2.25. The molecule has 10 heteroatoms. The van der Waals surface area contributed by atoms with Gasteiger partial charge in [-0.2, -0.15) is 13.2 Å². The Morgan fingerprint density at radius 3 is 2.31 bits per heavy atom. The van der Waals surface area contributed by atoms with Gasteiger partial charge in [0.1, 0.15) is 5.82 Å². The average molecular weight is 410 g/mol. The molecule has 1 N–H and O–H groups in total. The van der Waals surface area contributed by atoms with Crippen LogP contribution in [0.1, 0.15) is 21.5 Å². The van der Waals surface area contributed by atoms with Crippen LogP contribution in [0.25, 0.3) is 11.1 Å². The van der Waals surface area contributed by atoms with Crippen LogP contribution in [0.5, 0.6) is 0 Å². The summed E-state index contributed by atoms with van der Waals surface area (Å²) >= 11 is 5.56. The van der Waals surface area contributed by atoms with Gasteiger partial charge in [-0.25, -0.2) is 17.5 Å². The minimum Gasteiger partial charge on any atom is -0.268 e. The van der Waals surface area contributed by atoms with Crippen molar-refractivity contribution in [1.82, 2.24) is 4.72 Å². The maximum atomic E-state index is 14.3. The Morgan fingerprint density at radius 2 is 1.77 bits per heavy atom. The summed E-state index contributed by atoms with van der Waals surface area (Å²) < 4.78 is 77.0. The summed E-state index contributed by atoms with van der Waals surface area (Å²) in [5.41, 5.74) is -1.17. The van der Waals surface area contributed by atoms with Crippen LogP contribution in [0.4, 0.5) is 17.6 Å². The number of carbonyl (C=O) groups is 1. The molecule has 2 aromatic carbocycles. The van der Waals surface area contributed by atoms with Crippen LogP contribution < -0.4 is 4.72 Å². The summed E-state index contributed by atoms with van der Waals surface area (Å²) in [5, 5.41) is -0.497. The van der Waals surface area contributed by atoms with Crippen molar-refractivity contribution < 1.29 is 30.8 Å². The summed E-state index contributed by atoms with van der Waals surface area (Å²) in [6.07, 6.45) is -3.95. The van der Waals surface area contributed by atoms with E-state index >= 15 is 0 Å². The molecule has 2 aromatic rings. The molecule has 0 fully saturated rings. The lowest BCUT2D eigenvalue weighted by Crippen LogP contribution is -2.30. The van der Waals surface area contributed by atoms with E-state index < -0.39 is 44.1 Å². The van der Waals surface area contributed by atoms with E-state index in [1.807, 2.05) is 0 Å². The number of aryl methyl sites for hydroxylation is 1. The Bertz CT molecular complexity index is 988. The molecular formula is C16H12ClF4NO3S. The first-order chi connectivity index (χ1) is 11.8. The van der Waals surface area contributed by atoms with Gasteiger partial charge in [-0.15, -0.1) is 0 Å². The Labute approximate surface area is 151 Å². The van der Waals surface area contributed by atoms with E-state index in [9.17, 15) is 30.8 Å². The Kier molecular flexibility index (Phi) is 5.34. The van der Waals surface area contributed by atoms with Crippen molar-refractivity contribution in [2.75, 3.05) is 6.26 Å². The van der Waals surface area contributed by atoms with Crippen molar-refractivity contribution in [2.24, 2.45) is 0 Å². The number of alkyl halides is 3. The van der Waals surface area contributed by atoms with E-state index in [1.165, 1.54) is 13.0 Å². The van der Waals surface area contributed by atoms with E-state index in [-0.39, 0.29) is 16.7 Å². The van der Waals surface area contributed by atoms with E-state index in [0.29, 0.717) is 0 Å². The molecule has 26 heavy (non-hydrogen) atoms. The first-order valence-electron chi connectivity index (χ1n) is 6.99. The molecule has 0 heterocycles. The molecule has 0 saturated heterocycles. The van der Waals surface area contributed by atoms with Gasteiger partial charge in [-0.1, -0.05) is 17.7 Å². The highest BCUT2D eigenvalue weighted by Gasteiger charge is 2.33. The lowest BCUT2D eigenvalue weighted by atomic mass is 9.96. The molecule has 0 aliphatic rings. The first kappa shape index (κ1) is 20.2. The molecule has 0 bridgehead atoms. The summed E-state index contributed by atoms with van der Waals surface area (Å²) in [6.45, 7) is 1.45. The van der Waals surface area contributed by atoms with Gasteiger partial charge in [0.2, 0.25) is 10.0 Å². The monoisotopic (exact) mass is 409 g/mol. The number of halogens is 5. The van der Waals surface area contributed by atoms with E-state index in [4.69, 9.17) is 11.6 Å². The van der Waals surface area contributed by atoms with Crippen LogP contribution in [-0.2, 0) is 16.2 Å². The third-order valence-corrected chi connectivity index (χ3v) is 4.31. The van der Waals surface area contributed by atoms with Crippen molar-refractivity contribution in [3.8, 4) is 11.1 Å². The zero-order valence-corrected chi connectivity index (χ0v) is 15.0. The molecule has 0 aliphatic carbocycles. The maximum absolute atomic E-state index is 14.3.